The number of aryl methyl sites for hydroxylation is 1. The topological polar surface area (TPSA) is 46.9 Å². The van der Waals surface area contributed by atoms with Gasteiger partial charge in [0.2, 0.25) is 0 Å². The van der Waals surface area contributed by atoms with Gasteiger partial charge in [0, 0.05) is 10.9 Å². The minimum absolute atomic E-state index is 0.0538. The Hall–Kier alpha value is -3.40. The number of carbonyl (C=O) groups excluding carboxylic acids is 1. The van der Waals surface area contributed by atoms with E-state index in [1.807, 2.05) is 66.3 Å². The summed E-state index contributed by atoms with van der Waals surface area (Å²) in [5.74, 6) is -0.0821. The molecule has 140 valence electrons. The number of benzene rings is 3. The quantitative estimate of drug-likeness (QED) is 0.545. The molecule has 1 heterocycles. The number of nitrogens with one attached hydrogen (secondary N) is 1. The first-order valence-corrected chi connectivity index (χ1v) is 9.47. The highest BCUT2D eigenvalue weighted by atomic mass is 16.1. The molecule has 4 heteroatoms. The predicted molar refractivity (Wildman–Crippen MR) is 112 cm³/mol. The van der Waals surface area contributed by atoms with Gasteiger partial charge in [-0.15, -0.1) is 0 Å². The molecule has 0 bridgehead atoms. The summed E-state index contributed by atoms with van der Waals surface area (Å²) in [5.41, 5.74) is 5.10. The zero-order chi connectivity index (χ0) is 19.5. The van der Waals surface area contributed by atoms with Crippen LogP contribution >= 0.6 is 0 Å². The van der Waals surface area contributed by atoms with E-state index in [0.29, 0.717) is 12.1 Å². The van der Waals surface area contributed by atoms with Crippen LogP contribution in [0.2, 0.25) is 0 Å². The van der Waals surface area contributed by atoms with Crippen molar-refractivity contribution in [2.24, 2.45) is 0 Å². The maximum absolute atomic E-state index is 12.8. The van der Waals surface area contributed by atoms with Gasteiger partial charge in [-0.1, -0.05) is 66.2 Å². The fourth-order valence-electron chi connectivity index (χ4n) is 3.31. The molecular formula is C24H23N3O. The van der Waals surface area contributed by atoms with E-state index in [4.69, 9.17) is 0 Å². The summed E-state index contributed by atoms with van der Waals surface area (Å²) >= 11 is 0. The van der Waals surface area contributed by atoms with Crippen LogP contribution in [0.3, 0.4) is 0 Å². The monoisotopic (exact) mass is 369 g/mol. The number of carbonyl (C=O) groups is 1. The van der Waals surface area contributed by atoms with E-state index in [1.54, 1.807) is 0 Å². The highest BCUT2D eigenvalue weighted by molar-refractivity contribution is 5.98. The van der Waals surface area contributed by atoms with Crippen LogP contribution in [0.25, 0.3) is 10.9 Å². The van der Waals surface area contributed by atoms with E-state index in [2.05, 4.69) is 41.6 Å². The zero-order valence-electron chi connectivity index (χ0n) is 16.1. The van der Waals surface area contributed by atoms with Gasteiger partial charge >= 0.3 is 0 Å². The molecule has 1 unspecified atom stereocenters. The van der Waals surface area contributed by atoms with Crippen molar-refractivity contribution in [2.75, 3.05) is 0 Å². The minimum atomic E-state index is -0.0821. The van der Waals surface area contributed by atoms with E-state index in [0.717, 1.165) is 16.5 Å². The third kappa shape index (κ3) is 3.81. The van der Waals surface area contributed by atoms with Gasteiger partial charge in [-0.05, 0) is 37.1 Å². The Balaban J connectivity index is 1.56. The number of hydrogen-bond donors (Lipinski definition) is 1. The van der Waals surface area contributed by atoms with Gasteiger partial charge in [-0.2, -0.15) is 5.10 Å². The van der Waals surface area contributed by atoms with Crippen LogP contribution in [-0.4, -0.2) is 15.7 Å². The van der Waals surface area contributed by atoms with Gasteiger partial charge in [0.25, 0.3) is 5.91 Å². The molecule has 0 saturated carbocycles. The van der Waals surface area contributed by atoms with Crippen LogP contribution in [0.5, 0.6) is 0 Å². The molecule has 0 aliphatic heterocycles. The molecule has 1 aromatic heterocycles. The first-order valence-electron chi connectivity index (χ1n) is 9.47. The third-order valence-corrected chi connectivity index (χ3v) is 5.01. The summed E-state index contributed by atoms with van der Waals surface area (Å²) in [6.45, 7) is 4.75. The summed E-state index contributed by atoms with van der Waals surface area (Å²) in [6.07, 6.45) is 1.85. The lowest BCUT2D eigenvalue weighted by molar-refractivity contribution is 0.0940. The zero-order valence-corrected chi connectivity index (χ0v) is 16.1. The normalized spacial score (nSPS) is 12.1. The summed E-state index contributed by atoms with van der Waals surface area (Å²) in [7, 11) is 0. The highest BCUT2D eigenvalue weighted by Crippen LogP contribution is 2.19. The highest BCUT2D eigenvalue weighted by Gasteiger charge is 2.13. The van der Waals surface area contributed by atoms with Crippen molar-refractivity contribution in [3.63, 3.8) is 0 Å². The van der Waals surface area contributed by atoms with Gasteiger partial charge < -0.3 is 5.32 Å². The SMILES string of the molecule is Cc1ccc(Cn2ncc3ccc(C(=O)NC(C)c4ccccc4)cc32)cc1. The molecule has 4 aromatic rings. The Labute approximate surface area is 164 Å². The maximum Gasteiger partial charge on any atom is 0.251 e. The van der Waals surface area contributed by atoms with Crippen molar-refractivity contribution in [3.05, 3.63) is 101 Å². The van der Waals surface area contributed by atoms with E-state index in [9.17, 15) is 4.79 Å². The molecular weight excluding hydrogens is 346 g/mol. The first-order chi connectivity index (χ1) is 13.6. The molecule has 3 aromatic carbocycles. The summed E-state index contributed by atoms with van der Waals surface area (Å²) in [5, 5.41) is 8.61. The fraction of sp³-hybridized carbons (Fsp3) is 0.167. The minimum Gasteiger partial charge on any atom is -0.346 e. The molecule has 0 aliphatic carbocycles. The van der Waals surface area contributed by atoms with Gasteiger partial charge in [0.15, 0.2) is 0 Å². The molecule has 0 saturated heterocycles. The molecule has 0 aliphatic rings. The van der Waals surface area contributed by atoms with E-state index in [-0.39, 0.29) is 11.9 Å². The lowest BCUT2D eigenvalue weighted by Gasteiger charge is -2.14. The van der Waals surface area contributed by atoms with E-state index < -0.39 is 0 Å². The lowest BCUT2D eigenvalue weighted by Crippen LogP contribution is -2.26. The maximum atomic E-state index is 12.8. The summed E-state index contributed by atoms with van der Waals surface area (Å²) < 4.78 is 1.94. The summed E-state index contributed by atoms with van der Waals surface area (Å²) in [6, 6.07) is 24.1. The van der Waals surface area contributed by atoms with Crippen molar-refractivity contribution >= 4 is 16.8 Å². The Morgan fingerprint density at radius 1 is 1.04 bits per heavy atom. The van der Waals surface area contributed by atoms with Gasteiger partial charge in [-0.3, -0.25) is 9.48 Å². The number of fused-ring (bicyclic) bond motifs is 1. The Morgan fingerprint density at radius 2 is 1.79 bits per heavy atom. The molecule has 0 fully saturated rings. The second-order valence-corrected chi connectivity index (χ2v) is 7.17. The van der Waals surface area contributed by atoms with Gasteiger partial charge in [0.05, 0.1) is 24.3 Å². The molecule has 1 N–H and O–H groups in total. The first kappa shape index (κ1) is 18.0. The number of aromatic nitrogens is 2. The molecule has 0 radical (unpaired) electrons. The molecule has 1 atom stereocenters. The van der Waals surface area contributed by atoms with Crippen LogP contribution in [-0.2, 0) is 6.54 Å². The van der Waals surface area contributed by atoms with Gasteiger partial charge in [0.1, 0.15) is 0 Å². The predicted octanol–water partition coefficient (Wildman–Crippen LogP) is 4.88. The number of rotatable bonds is 5. The average Bonchev–Trinajstić information content (AvgIpc) is 3.12. The molecule has 4 nitrogen and oxygen atoms in total. The van der Waals surface area contributed by atoms with Crippen LogP contribution in [0, 0.1) is 6.92 Å². The fourth-order valence-corrected chi connectivity index (χ4v) is 3.31. The van der Waals surface area contributed by atoms with E-state index in [1.165, 1.54) is 11.1 Å². The van der Waals surface area contributed by atoms with Crippen molar-refractivity contribution < 1.29 is 4.79 Å². The summed E-state index contributed by atoms with van der Waals surface area (Å²) in [4.78, 5) is 12.8. The van der Waals surface area contributed by atoms with Crippen LogP contribution in [0.1, 0.15) is 40.0 Å². The Bertz CT molecular complexity index is 1100. The second-order valence-electron chi connectivity index (χ2n) is 7.17. The number of amides is 1. The molecule has 28 heavy (non-hydrogen) atoms. The Kier molecular flexibility index (Phi) is 4.94. The number of nitrogens with zero attached hydrogens (tertiary/aromatic N) is 2. The smallest absolute Gasteiger partial charge is 0.251 e. The average molecular weight is 369 g/mol. The van der Waals surface area contributed by atoms with Crippen LogP contribution in [0.4, 0.5) is 0 Å². The standard InChI is InChI=1S/C24H23N3O/c1-17-8-10-19(11-9-17)16-27-23-14-21(12-13-22(23)15-25-27)24(28)26-18(2)20-6-4-3-5-7-20/h3-15,18H,16H2,1-2H3,(H,26,28). The Morgan fingerprint density at radius 3 is 2.54 bits per heavy atom. The van der Waals surface area contributed by atoms with Crippen LogP contribution in [0.15, 0.2) is 79.0 Å². The van der Waals surface area contributed by atoms with Gasteiger partial charge in [-0.25, -0.2) is 0 Å². The largest absolute Gasteiger partial charge is 0.346 e. The van der Waals surface area contributed by atoms with Crippen molar-refractivity contribution in [2.45, 2.75) is 26.4 Å². The molecule has 4 rings (SSSR count). The second kappa shape index (κ2) is 7.69. The van der Waals surface area contributed by atoms with Crippen molar-refractivity contribution in [3.8, 4) is 0 Å². The van der Waals surface area contributed by atoms with Crippen molar-refractivity contribution in [1.29, 1.82) is 0 Å². The third-order valence-electron chi connectivity index (χ3n) is 5.01. The molecule has 0 spiro atoms. The van der Waals surface area contributed by atoms with Crippen LogP contribution < -0.4 is 5.32 Å². The number of hydrogen-bond acceptors (Lipinski definition) is 2. The van der Waals surface area contributed by atoms with Crippen molar-refractivity contribution in [1.82, 2.24) is 15.1 Å². The lowest BCUT2D eigenvalue weighted by atomic mass is 10.1. The molecule has 1 amide bonds. The van der Waals surface area contributed by atoms with E-state index >= 15 is 0 Å².